The molecule has 0 bridgehead atoms. The van der Waals surface area contributed by atoms with E-state index in [9.17, 15) is 9.59 Å². The summed E-state index contributed by atoms with van der Waals surface area (Å²) in [6.45, 7) is 7.04. The Kier molecular flexibility index (Phi) is 7.70. The van der Waals surface area contributed by atoms with Crippen LogP contribution in [0.1, 0.15) is 43.3 Å². The average molecular weight is 481 g/mol. The zero-order valence-corrected chi connectivity index (χ0v) is 20.4. The fourth-order valence-electron chi connectivity index (χ4n) is 3.74. The van der Waals surface area contributed by atoms with Crippen molar-refractivity contribution >= 4 is 39.6 Å². The second-order valence-electron chi connectivity index (χ2n) is 8.06. The lowest BCUT2D eigenvalue weighted by molar-refractivity contribution is 0.0491. The van der Waals surface area contributed by atoms with E-state index in [1.54, 1.807) is 17.6 Å². The van der Waals surface area contributed by atoms with Gasteiger partial charge in [-0.25, -0.2) is 9.78 Å². The number of carbonyl (C=O) groups excluding carboxylic acids is 1. The van der Waals surface area contributed by atoms with Crippen molar-refractivity contribution in [3.05, 3.63) is 70.2 Å². The van der Waals surface area contributed by atoms with Crippen molar-refractivity contribution < 1.29 is 18.7 Å². The molecule has 2 heterocycles. The number of rotatable bonds is 10. The van der Waals surface area contributed by atoms with Crippen LogP contribution in [0.2, 0.25) is 0 Å². The van der Waals surface area contributed by atoms with Crippen molar-refractivity contribution in [2.75, 3.05) is 13.2 Å². The highest BCUT2D eigenvalue weighted by Gasteiger charge is 2.22. The molecule has 7 nitrogen and oxygen atoms in total. The van der Waals surface area contributed by atoms with Gasteiger partial charge >= 0.3 is 5.97 Å². The van der Waals surface area contributed by atoms with Gasteiger partial charge in [-0.15, -0.1) is 0 Å². The predicted octanol–water partition coefficient (Wildman–Crippen LogP) is 5.43. The normalized spacial score (nSPS) is 11.5. The van der Waals surface area contributed by atoms with Gasteiger partial charge in [0.15, 0.2) is 5.16 Å². The number of nitrogens with zero attached hydrogens (tertiary/aromatic N) is 2. The van der Waals surface area contributed by atoms with Gasteiger partial charge in [0.2, 0.25) is 5.76 Å². The van der Waals surface area contributed by atoms with Gasteiger partial charge < -0.3 is 13.9 Å². The van der Waals surface area contributed by atoms with Gasteiger partial charge in [-0.1, -0.05) is 42.1 Å². The zero-order valence-electron chi connectivity index (χ0n) is 19.6. The highest BCUT2D eigenvalue weighted by molar-refractivity contribution is 7.98. The number of thioether (sulfide) groups is 1. The smallest absolute Gasteiger partial charge is 0.374 e. The molecular formula is C26H28N2O5S. The Morgan fingerprint density at radius 2 is 1.85 bits per heavy atom. The molecule has 178 valence electrons. The fraction of sp³-hybridized carbons (Fsp3) is 0.346. The summed E-state index contributed by atoms with van der Waals surface area (Å²) in [4.78, 5) is 30.6. The molecule has 0 N–H and O–H groups in total. The van der Waals surface area contributed by atoms with Gasteiger partial charge in [-0.3, -0.25) is 9.36 Å². The van der Waals surface area contributed by atoms with Gasteiger partial charge in [0.1, 0.15) is 5.58 Å². The predicted molar refractivity (Wildman–Crippen MR) is 133 cm³/mol. The Balaban J connectivity index is 1.69. The van der Waals surface area contributed by atoms with Crippen LogP contribution in [0, 0.1) is 0 Å². The molecule has 0 aliphatic heterocycles. The van der Waals surface area contributed by atoms with Crippen LogP contribution in [0.15, 0.2) is 62.9 Å². The maximum atomic E-state index is 13.3. The Morgan fingerprint density at radius 3 is 2.62 bits per heavy atom. The van der Waals surface area contributed by atoms with Crippen LogP contribution < -0.4 is 5.56 Å². The first-order chi connectivity index (χ1) is 16.5. The van der Waals surface area contributed by atoms with Crippen LogP contribution in [0.25, 0.3) is 21.9 Å². The molecule has 0 unspecified atom stereocenters. The van der Waals surface area contributed by atoms with Crippen molar-refractivity contribution in [1.29, 1.82) is 0 Å². The molecule has 0 atom stereocenters. The van der Waals surface area contributed by atoms with Gasteiger partial charge in [0, 0.05) is 29.9 Å². The van der Waals surface area contributed by atoms with E-state index in [0.29, 0.717) is 47.0 Å². The summed E-state index contributed by atoms with van der Waals surface area (Å²) < 4.78 is 18.4. The first kappa shape index (κ1) is 24.0. The fourth-order valence-corrected chi connectivity index (χ4v) is 4.79. The van der Waals surface area contributed by atoms with E-state index in [-0.39, 0.29) is 24.0 Å². The SMILES string of the molecule is CCOC(=O)c1oc2ccccc2c1CSc1nc2ccccc2c(=O)n1CCCOC(C)C. The quantitative estimate of drug-likeness (QED) is 0.130. The van der Waals surface area contributed by atoms with Crippen LogP contribution in [0.3, 0.4) is 0 Å². The van der Waals surface area contributed by atoms with Gasteiger partial charge in [0.05, 0.1) is 23.6 Å². The third kappa shape index (κ3) is 5.18. The largest absolute Gasteiger partial charge is 0.460 e. The van der Waals surface area contributed by atoms with Crippen LogP contribution in [-0.4, -0.2) is 34.8 Å². The molecule has 2 aromatic carbocycles. The molecule has 0 saturated heterocycles. The lowest BCUT2D eigenvalue weighted by Crippen LogP contribution is -2.24. The minimum atomic E-state index is -0.496. The molecule has 34 heavy (non-hydrogen) atoms. The van der Waals surface area contributed by atoms with Crippen LogP contribution in [-0.2, 0) is 21.8 Å². The van der Waals surface area contributed by atoms with E-state index in [2.05, 4.69) is 0 Å². The van der Waals surface area contributed by atoms with E-state index in [0.717, 1.165) is 10.9 Å². The van der Waals surface area contributed by atoms with Crippen molar-refractivity contribution in [3.63, 3.8) is 0 Å². The van der Waals surface area contributed by atoms with Gasteiger partial charge in [-0.05, 0) is 45.4 Å². The number of benzene rings is 2. The number of furan rings is 1. The monoisotopic (exact) mass is 480 g/mol. The van der Waals surface area contributed by atoms with Gasteiger partial charge in [-0.2, -0.15) is 0 Å². The summed E-state index contributed by atoms with van der Waals surface area (Å²) in [7, 11) is 0. The number of ether oxygens (including phenoxy) is 2. The zero-order chi connectivity index (χ0) is 24.1. The number of fused-ring (bicyclic) bond motifs is 2. The van der Waals surface area contributed by atoms with Crippen LogP contribution in [0.4, 0.5) is 0 Å². The van der Waals surface area contributed by atoms with E-state index >= 15 is 0 Å². The van der Waals surface area contributed by atoms with Gasteiger partial charge in [0.25, 0.3) is 5.56 Å². The summed E-state index contributed by atoms with van der Waals surface area (Å²) in [5.74, 6) is 0.0953. The number of para-hydroxylation sites is 2. The summed E-state index contributed by atoms with van der Waals surface area (Å²) in [5.41, 5.74) is 1.92. The highest BCUT2D eigenvalue weighted by atomic mass is 32.2. The standard InChI is InChI=1S/C26H28N2O5S/c1-4-31-25(30)23-20(18-10-6-8-13-22(18)33-23)16-34-26-27-21-12-7-5-11-19(21)24(29)28(26)14-9-15-32-17(2)3/h5-8,10-13,17H,4,9,14-16H2,1-3H3. The van der Waals surface area contributed by atoms with Crippen molar-refractivity contribution in [2.24, 2.45) is 0 Å². The average Bonchev–Trinajstić information content (AvgIpc) is 3.20. The Hall–Kier alpha value is -3.10. The molecule has 8 heteroatoms. The first-order valence-corrected chi connectivity index (χ1v) is 12.4. The Morgan fingerprint density at radius 1 is 1.12 bits per heavy atom. The van der Waals surface area contributed by atoms with Crippen molar-refractivity contribution in [2.45, 2.75) is 50.8 Å². The molecular weight excluding hydrogens is 452 g/mol. The van der Waals surface area contributed by atoms with Crippen LogP contribution >= 0.6 is 11.8 Å². The minimum absolute atomic E-state index is 0.0830. The number of hydrogen-bond acceptors (Lipinski definition) is 7. The number of esters is 1. The van der Waals surface area contributed by atoms with E-state index in [4.69, 9.17) is 18.9 Å². The highest BCUT2D eigenvalue weighted by Crippen LogP contribution is 2.32. The summed E-state index contributed by atoms with van der Waals surface area (Å²) in [6.07, 6.45) is 0.824. The van der Waals surface area contributed by atoms with Crippen LogP contribution in [0.5, 0.6) is 0 Å². The molecule has 4 rings (SSSR count). The van der Waals surface area contributed by atoms with E-state index in [1.807, 2.05) is 56.3 Å². The van der Waals surface area contributed by atoms with E-state index < -0.39 is 5.97 Å². The summed E-state index contributed by atoms with van der Waals surface area (Å²) in [6, 6.07) is 14.8. The lowest BCUT2D eigenvalue weighted by atomic mass is 10.1. The number of hydrogen-bond donors (Lipinski definition) is 0. The lowest BCUT2D eigenvalue weighted by Gasteiger charge is -2.14. The number of aromatic nitrogens is 2. The molecule has 0 fully saturated rings. The second kappa shape index (κ2) is 10.9. The molecule has 0 radical (unpaired) electrons. The summed E-state index contributed by atoms with van der Waals surface area (Å²) >= 11 is 1.41. The Bertz CT molecular complexity index is 1360. The first-order valence-electron chi connectivity index (χ1n) is 11.4. The maximum Gasteiger partial charge on any atom is 0.374 e. The minimum Gasteiger partial charge on any atom is -0.460 e. The van der Waals surface area contributed by atoms with Crippen molar-refractivity contribution in [1.82, 2.24) is 9.55 Å². The molecule has 2 aromatic heterocycles. The Labute approximate surface area is 202 Å². The van der Waals surface area contributed by atoms with Crippen molar-refractivity contribution in [3.8, 4) is 0 Å². The topological polar surface area (TPSA) is 83.6 Å². The molecule has 0 spiro atoms. The molecule has 0 saturated carbocycles. The second-order valence-corrected chi connectivity index (χ2v) is 9.00. The third-order valence-corrected chi connectivity index (χ3v) is 6.31. The molecule has 0 aliphatic carbocycles. The van der Waals surface area contributed by atoms with E-state index in [1.165, 1.54) is 11.8 Å². The molecule has 4 aromatic rings. The molecule has 0 amide bonds. The summed E-state index contributed by atoms with van der Waals surface area (Å²) in [5, 5.41) is 2.02. The molecule has 0 aliphatic rings. The number of carbonyl (C=O) groups is 1. The maximum absolute atomic E-state index is 13.3. The third-order valence-electron chi connectivity index (χ3n) is 5.31.